The average molecular weight is 250 g/mol. The van der Waals surface area contributed by atoms with E-state index in [1.54, 1.807) is 17.1 Å². The van der Waals surface area contributed by atoms with Gasteiger partial charge in [0.2, 0.25) is 5.91 Å². The van der Waals surface area contributed by atoms with Crippen LogP contribution in [-0.2, 0) is 4.79 Å². The van der Waals surface area contributed by atoms with E-state index in [0.717, 1.165) is 6.42 Å². The van der Waals surface area contributed by atoms with Gasteiger partial charge in [0.1, 0.15) is 0 Å². The topological polar surface area (TPSA) is 46.3 Å². The molecule has 1 amide bonds. The summed E-state index contributed by atoms with van der Waals surface area (Å²) >= 11 is 0. The van der Waals surface area contributed by atoms with E-state index in [0.29, 0.717) is 19.0 Å². The Morgan fingerprint density at radius 3 is 2.28 bits per heavy atom. The van der Waals surface area contributed by atoms with E-state index >= 15 is 0 Å². The standard InChI is InChI=1S/C15H26N2O/c1-3-10-17(11-4-2)15(18)14(16)12-13-8-6-5-7-9-13/h3-4,13-14H,1-2,5-12,16H2. The molecule has 18 heavy (non-hydrogen) atoms. The second kappa shape index (κ2) is 8.09. The van der Waals surface area contributed by atoms with Gasteiger partial charge in [0.05, 0.1) is 6.04 Å². The molecule has 0 aliphatic heterocycles. The number of carbonyl (C=O) groups is 1. The fourth-order valence-corrected chi connectivity index (χ4v) is 2.68. The summed E-state index contributed by atoms with van der Waals surface area (Å²) < 4.78 is 0. The molecule has 102 valence electrons. The van der Waals surface area contributed by atoms with E-state index in [9.17, 15) is 4.79 Å². The van der Waals surface area contributed by atoms with E-state index in [4.69, 9.17) is 5.73 Å². The number of nitrogens with zero attached hydrogens (tertiary/aromatic N) is 1. The zero-order valence-corrected chi connectivity index (χ0v) is 11.3. The minimum Gasteiger partial charge on any atom is -0.334 e. The third-order valence-electron chi connectivity index (χ3n) is 3.64. The first kappa shape index (κ1) is 15.0. The minimum atomic E-state index is -0.368. The lowest BCUT2D eigenvalue weighted by atomic mass is 9.85. The maximum atomic E-state index is 12.2. The molecule has 1 fully saturated rings. The van der Waals surface area contributed by atoms with Crippen molar-refractivity contribution in [3.63, 3.8) is 0 Å². The maximum absolute atomic E-state index is 12.2. The highest BCUT2D eigenvalue weighted by Crippen LogP contribution is 2.27. The van der Waals surface area contributed by atoms with Crippen molar-refractivity contribution in [2.75, 3.05) is 13.1 Å². The molecule has 0 spiro atoms. The molecule has 3 heteroatoms. The molecule has 1 atom stereocenters. The SMILES string of the molecule is C=CCN(CC=C)C(=O)C(N)CC1CCCCC1. The van der Waals surface area contributed by atoms with Crippen molar-refractivity contribution in [3.05, 3.63) is 25.3 Å². The average Bonchev–Trinajstić information content (AvgIpc) is 2.39. The molecule has 1 unspecified atom stereocenters. The van der Waals surface area contributed by atoms with Crippen LogP contribution in [0.4, 0.5) is 0 Å². The molecule has 0 aromatic heterocycles. The molecular formula is C15H26N2O. The number of amides is 1. The summed E-state index contributed by atoms with van der Waals surface area (Å²) in [5.41, 5.74) is 6.05. The predicted molar refractivity (Wildman–Crippen MR) is 76.1 cm³/mol. The lowest BCUT2D eigenvalue weighted by Crippen LogP contribution is -2.45. The van der Waals surface area contributed by atoms with Gasteiger partial charge >= 0.3 is 0 Å². The van der Waals surface area contributed by atoms with E-state index in [2.05, 4.69) is 13.2 Å². The first-order valence-corrected chi connectivity index (χ1v) is 6.95. The number of rotatable bonds is 7. The number of hydrogen-bond donors (Lipinski definition) is 1. The Morgan fingerprint density at radius 1 is 1.22 bits per heavy atom. The van der Waals surface area contributed by atoms with Crippen LogP contribution in [0.25, 0.3) is 0 Å². The molecule has 1 rings (SSSR count). The fraction of sp³-hybridized carbons (Fsp3) is 0.667. The highest BCUT2D eigenvalue weighted by molar-refractivity contribution is 5.81. The largest absolute Gasteiger partial charge is 0.334 e. The molecule has 0 aromatic rings. The van der Waals surface area contributed by atoms with Crippen LogP contribution in [0.3, 0.4) is 0 Å². The van der Waals surface area contributed by atoms with Crippen LogP contribution in [-0.4, -0.2) is 29.9 Å². The van der Waals surface area contributed by atoms with Gasteiger partial charge in [0.25, 0.3) is 0 Å². The number of carbonyl (C=O) groups excluding carboxylic acids is 1. The Balaban J connectivity index is 2.46. The fourth-order valence-electron chi connectivity index (χ4n) is 2.68. The molecule has 1 saturated carbocycles. The van der Waals surface area contributed by atoms with Crippen LogP contribution < -0.4 is 5.73 Å². The van der Waals surface area contributed by atoms with Crippen molar-refractivity contribution >= 4 is 5.91 Å². The highest BCUT2D eigenvalue weighted by atomic mass is 16.2. The summed E-state index contributed by atoms with van der Waals surface area (Å²) in [7, 11) is 0. The van der Waals surface area contributed by atoms with Gasteiger partial charge in [-0.15, -0.1) is 13.2 Å². The lowest BCUT2D eigenvalue weighted by Gasteiger charge is -2.27. The molecule has 0 radical (unpaired) electrons. The Morgan fingerprint density at radius 2 is 1.78 bits per heavy atom. The molecule has 0 heterocycles. The third kappa shape index (κ3) is 4.65. The van der Waals surface area contributed by atoms with Gasteiger partial charge in [-0.3, -0.25) is 4.79 Å². The monoisotopic (exact) mass is 250 g/mol. The van der Waals surface area contributed by atoms with Gasteiger partial charge in [-0.1, -0.05) is 44.3 Å². The molecule has 1 aliphatic carbocycles. The molecule has 0 saturated heterocycles. The van der Waals surface area contributed by atoms with Gasteiger partial charge in [0, 0.05) is 13.1 Å². The van der Waals surface area contributed by atoms with Crippen LogP contribution in [0.15, 0.2) is 25.3 Å². The normalized spacial score (nSPS) is 18.1. The van der Waals surface area contributed by atoms with Crippen molar-refractivity contribution in [2.45, 2.75) is 44.6 Å². The molecule has 0 aromatic carbocycles. The Kier molecular flexibility index (Phi) is 6.73. The molecular weight excluding hydrogens is 224 g/mol. The summed E-state index contributed by atoms with van der Waals surface area (Å²) in [5.74, 6) is 0.660. The zero-order valence-electron chi connectivity index (χ0n) is 11.3. The van der Waals surface area contributed by atoms with Crippen molar-refractivity contribution in [3.8, 4) is 0 Å². The lowest BCUT2D eigenvalue weighted by molar-refractivity contribution is -0.132. The van der Waals surface area contributed by atoms with Crippen LogP contribution in [0.5, 0.6) is 0 Å². The van der Waals surface area contributed by atoms with Gasteiger partial charge in [-0.25, -0.2) is 0 Å². The number of nitrogens with two attached hydrogens (primary N) is 1. The van der Waals surface area contributed by atoms with Gasteiger partial charge in [-0.2, -0.15) is 0 Å². The van der Waals surface area contributed by atoms with E-state index in [1.807, 2.05) is 0 Å². The van der Waals surface area contributed by atoms with Crippen LogP contribution in [0, 0.1) is 5.92 Å². The third-order valence-corrected chi connectivity index (χ3v) is 3.64. The molecule has 2 N–H and O–H groups in total. The van der Waals surface area contributed by atoms with E-state index in [1.165, 1.54) is 32.1 Å². The van der Waals surface area contributed by atoms with Gasteiger partial charge in [0.15, 0.2) is 0 Å². The summed E-state index contributed by atoms with van der Waals surface area (Å²) in [6.45, 7) is 8.43. The molecule has 3 nitrogen and oxygen atoms in total. The summed E-state index contributed by atoms with van der Waals surface area (Å²) in [6, 6.07) is -0.368. The van der Waals surface area contributed by atoms with Crippen LogP contribution in [0.2, 0.25) is 0 Å². The smallest absolute Gasteiger partial charge is 0.240 e. The Bertz CT molecular complexity index is 272. The zero-order chi connectivity index (χ0) is 13.4. The minimum absolute atomic E-state index is 0.0281. The maximum Gasteiger partial charge on any atom is 0.240 e. The van der Waals surface area contributed by atoms with Crippen molar-refractivity contribution in [1.82, 2.24) is 4.90 Å². The van der Waals surface area contributed by atoms with E-state index in [-0.39, 0.29) is 11.9 Å². The van der Waals surface area contributed by atoms with Crippen molar-refractivity contribution < 1.29 is 4.79 Å². The first-order valence-electron chi connectivity index (χ1n) is 6.95. The number of hydrogen-bond acceptors (Lipinski definition) is 2. The second-order valence-electron chi connectivity index (χ2n) is 5.17. The van der Waals surface area contributed by atoms with Crippen LogP contribution in [0.1, 0.15) is 38.5 Å². The van der Waals surface area contributed by atoms with Gasteiger partial charge < -0.3 is 10.6 Å². The quantitative estimate of drug-likeness (QED) is 0.706. The predicted octanol–water partition coefficient (Wildman–Crippen LogP) is 2.48. The summed E-state index contributed by atoms with van der Waals surface area (Å²) in [5, 5.41) is 0. The summed E-state index contributed by atoms with van der Waals surface area (Å²) in [4.78, 5) is 13.9. The van der Waals surface area contributed by atoms with E-state index < -0.39 is 0 Å². The van der Waals surface area contributed by atoms with Crippen molar-refractivity contribution in [2.24, 2.45) is 11.7 Å². The van der Waals surface area contributed by atoms with Gasteiger partial charge in [-0.05, 0) is 12.3 Å². The first-order chi connectivity index (χ1) is 8.69. The Labute approximate surface area is 111 Å². The van der Waals surface area contributed by atoms with Crippen molar-refractivity contribution in [1.29, 1.82) is 0 Å². The molecule has 0 bridgehead atoms. The Hall–Kier alpha value is -1.09. The molecule has 1 aliphatic rings. The van der Waals surface area contributed by atoms with Crippen LogP contribution >= 0.6 is 0 Å². The highest BCUT2D eigenvalue weighted by Gasteiger charge is 2.24. The second-order valence-corrected chi connectivity index (χ2v) is 5.17. The summed E-state index contributed by atoms with van der Waals surface area (Å²) in [6.07, 6.45) is 10.6.